The van der Waals surface area contributed by atoms with Crippen LogP contribution >= 0.6 is 34.8 Å². The van der Waals surface area contributed by atoms with Crippen LogP contribution < -0.4 is 5.56 Å². The summed E-state index contributed by atoms with van der Waals surface area (Å²) in [6, 6.07) is 9.04. The third-order valence-corrected chi connectivity index (χ3v) is 4.57. The maximum atomic E-state index is 12.7. The number of benzene rings is 2. The standard InChI is InChI=1S/C17H11Cl3N4O3/c1-9-13(17(25)23(22-9)11-4-2-10(18)3-5-11)8-21-16-14(19)6-12(24(26)27)7-15(16)20/h2-8,22H,1H3. The van der Waals surface area contributed by atoms with Crippen molar-refractivity contribution < 1.29 is 4.92 Å². The van der Waals surface area contributed by atoms with Gasteiger partial charge >= 0.3 is 0 Å². The highest BCUT2D eigenvalue weighted by atomic mass is 35.5. The van der Waals surface area contributed by atoms with Gasteiger partial charge in [-0.1, -0.05) is 34.8 Å². The number of nitrogens with one attached hydrogen (secondary N) is 1. The molecule has 0 aliphatic carbocycles. The lowest BCUT2D eigenvalue weighted by atomic mass is 10.2. The van der Waals surface area contributed by atoms with Crippen LogP contribution in [0.15, 0.2) is 46.2 Å². The van der Waals surface area contributed by atoms with E-state index >= 15 is 0 Å². The van der Waals surface area contributed by atoms with Crippen molar-refractivity contribution in [1.82, 2.24) is 9.78 Å². The minimum atomic E-state index is -0.605. The number of aryl methyl sites for hydroxylation is 1. The third kappa shape index (κ3) is 3.90. The summed E-state index contributed by atoms with van der Waals surface area (Å²) < 4.78 is 1.35. The number of aromatic amines is 1. The van der Waals surface area contributed by atoms with Crippen LogP contribution in [0.4, 0.5) is 11.4 Å². The van der Waals surface area contributed by atoms with Gasteiger partial charge in [-0.15, -0.1) is 0 Å². The van der Waals surface area contributed by atoms with Gasteiger partial charge in [0.25, 0.3) is 11.2 Å². The Morgan fingerprint density at radius 1 is 1.15 bits per heavy atom. The molecule has 0 atom stereocenters. The molecule has 138 valence electrons. The Labute approximate surface area is 168 Å². The number of halogens is 3. The summed E-state index contributed by atoms with van der Waals surface area (Å²) in [6.45, 7) is 1.72. The molecule has 1 heterocycles. The van der Waals surface area contributed by atoms with Crippen molar-refractivity contribution in [3.05, 3.63) is 83.2 Å². The highest BCUT2D eigenvalue weighted by Crippen LogP contribution is 2.36. The number of non-ortho nitro benzene ring substituents is 1. The number of hydrogen-bond acceptors (Lipinski definition) is 4. The zero-order valence-electron chi connectivity index (χ0n) is 13.7. The molecule has 0 fully saturated rings. The van der Waals surface area contributed by atoms with E-state index in [1.54, 1.807) is 31.2 Å². The number of rotatable bonds is 4. The monoisotopic (exact) mass is 424 g/mol. The van der Waals surface area contributed by atoms with Crippen molar-refractivity contribution in [2.45, 2.75) is 6.92 Å². The first-order valence-corrected chi connectivity index (χ1v) is 8.66. The molecule has 3 rings (SSSR count). The van der Waals surface area contributed by atoms with Gasteiger partial charge in [-0.2, -0.15) is 0 Å². The minimum Gasteiger partial charge on any atom is -0.295 e. The molecule has 0 saturated heterocycles. The number of hydrogen-bond donors (Lipinski definition) is 1. The summed E-state index contributed by atoms with van der Waals surface area (Å²) in [7, 11) is 0. The van der Waals surface area contributed by atoms with Crippen LogP contribution in [0.5, 0.6) is 0 Å². The van der Waals surface area contributed by atoms with E-state index in [2.05, 4.69) is 10.1 Å². The summed E-state index contributed by atoms with van der Waals surface area (Å²) in [4.78, 5) is 27.0. The molecule has 0 amide bonds. The Balaban J connectivity index is 2.01. The molecule has 2 aromatic carbocycles. The first kappa shape index (κ1) is 19.2. The van der Waals surface area contributed by atoms with Crippen LogP contribution in [0, 0.1) is 17.0 Å². The third-order valence-electron chi connectivity index (χ3n) is 3.74. The maximum Gasteiger partial charge on any atom is 0.280 e. The number of nitro benzene ring substituents is 1. The summed E-state index contributed by atoms with van der Waals surface area (Å²) in [5.41, 5.74) is 1.06. The van der Waals surface area contributed by atoms with Gasteiger partial charge in [-0.3, -0.25) is 25.0 Å². The number of aromatic nitrogens is 2. The van der Waals surface area contributed by atoms with Gasteiger partial charge in [-0.25, -0.2) is 4.68 Å². The smallest absolute Gasteiger partial charge is 0.280 e. The van der Waals surface area contributed by atoms with Crippen molar-refractivity contribution in [2.24, 2.45) is 4.99 Å². The number of H-pyrrole nitrogens is 1. The summed E-state index contributed by atoms with van der Waals surface area (Å²) in [5, 5.41) is 14.4. The van der Waals surface area contributed by atoms with Crippen LogP contribution in [0.2, 0.25) is 15.1 Å². The minimum absolute atomic E-state index is 0.0108. The Morgan fingerprint density at radius 2 is 1.74 bits per heavy atom. The molecule has 0 aliphatic heterocycles. The van der Waals surface area contributed by atoms with Gasteiger partial charge in [0.1, 0.15) is 5.69 Å². The molecule has 0 unspecified atom stereocenters. The quantitative estimate of drug-likeness (QED) is 0.358. The maximum absolute atomic E-state index is 12.7. The van der Waals surface area contributed by atoms with E-state index in [9.17, 15) is 14.9 Å². The normalized spacial score (nSPS) is 11.3. The fourth-order valence-electron chi connectivity index (χ4n) is 2.39. The Morgan fingerprint density at radius 3 is 2.30 bits per heavy atom. The molecular formula is C17H11Cl3N4O3. The molecule has 27 heavy (non-hydrogen) atoms. The zero-order valence-corrected chi connectivity index (χ0v) is 16.0. The van der Waals surface area contributed by atoms with Crippen LogP contribution in [-0.2, 0) is 0 Å². The second-order valence-electron chi connectivity index (χ2n) is 5.54. The average molecular weight is 426 g/mol. The topological polar surface area (TPSA) is 93.3 Å². The highest BCUT2D eigenvalue weighted by Gasteiger charge is 2.15. The summed E-state index contributed by atoms with van der Waals surface area (Å²) >= 11 is 17.9. The molecule has 1 N–H and O–H groups in total. The SMILES string of the molecule is Cc1[nH]n(-c2ccc(Cl)cc2)c(=O)c1C=Nc1c(Cl)cc([N+](=O)[O-])cc1Cl. The average Bonchev–Trinajstić information content (AvgIpc) is 2.89. The molecule has 3 aromatic rings. The number of nitrogens with zero attached hydrogens (tertiary/aromatic N) is 3. The van der Waals surface area contributed by atoms with E-state index in [-0.39, 0.29) is 27.0 Å². The van der Waals surface area contributed by atoms with Gasteiger partial charge in [0, 0.05) is 29.1 Å². The molecule has 7 nitrogen and oxygen atoms in total. The number of nitro groups is 1. The lowest BCUT2D eigenvalue weighted by Crippen LogP contribution is -2.17. The first-order valence-electron chi connectivity index (χ1n) is 7.53. The predicted octanol–water partition coefficient (Wildman–Crippen LogP) is 5.09. The Bertz CT molecular complexity index is 1090. The molecule has 1 aromatic heterocycles. The van der Waals surface area contributed by atoms with Crippen LogP contribution in [-0.4, -0.2) is 20.9 Å². The molecule has 10 heteroatoms. The van der Waals surface area contributed by atoms with Crippen molar-refractivity contribution in [1.29, 1.82) is 0 Å². The highest BCUT2D eigenvalue weighted by molar-refractivity contribution is 6.39. The van der Waals surface area contributed by atoms with Gasteiger partial charge in [0.05, 0.1) is 26.2 Å². The molecule has 0 radical (unpaired) electrons. The van der Waals surface area contributed by atoms with Crippen molar-refractivity contribution >= 4 is 52.4 Å². The molecule has 0 aliphatic rings. The van der Waals surface area contributed by atoms with Crippen LogP contribution in [0.3, 0.4) is 0 Å². The van der Waals surface area contributed by atoms with E-state index in [1.807, 2.05) is 0 Å². The second kappa shape index (κ2) is 7.56. The first-order chi connectivity index (χ1) is 12.8. The van der Waals surface area contributed by atoms with E-state index in [1.165, 1.54) is 10.9 Å². The lowest BCUT2D eigenvalue weighted by Gasteiger charge is -2.01. The lowest BCUT2D eigenvalue weighted by molar-refractivity contribution is -0.384. The molecule has 0 spiro atoms. The molecular weight excluding hydrogens is 415 g/mol. The number of aliphatic imine (C=N–C) groups is 1. The van der Waals surface area contributed by atoms with Gasteiger partial charge < -0.3 is 0 Å². The van der Waals surface area contributed by atoms with Crippen molar-refractivity contribution in [3.8, 4) is 5.69 Å². The zero-order chi connectivity index (χ0) is 19.7. The fourth-order valence-corrected chi connectivity index (χ4v) is 3.09. The Hall–Kier alpha value is -2.61. The Kier molecular flexibility index (Phi) is 5.36. The fraction of sp³-hybridized carbons (Fsp3) is 0.0588. The predicted molar refractivity (Wildman–Crippen MR) is 107 cm³/mol. The van der Waals surface area contributed by atoms with E-state index in [4.69, 9.17) is 34.8 Å². The van der Waals surface area contributed by atoms with E-state index in [0.717, 1.165) is 12.1 Å². The van der Waals surface area contributed by atoms with Crippen molar-refractivity contribution in [3.63, 3.8) is 0 Å². The van der Waals surface area contributed by atoms with Crippen LogP contribution in [0.25, 0.3) is 5.69 Å². The molecule has 0 saturated carbocycles. The summed E-state index contributed by atoms with van der Waals surface area (Å²) in [6.07, 6.45) is 1.32. The van der Waals surface area contributed by atoms with Crippen molar-refractivity contribution in [2.75, 3.05) is 0 Å². The summed E-state index contributed by atoms with van der Waals surface area (Å²) in [5.74, 6) is 0. The molecule has 0 bridgehead atoms. The van der Waals surface area contributed by atoms with E-state index in [0.29, 0.717) is 22.0 Å². The van der Waals surface area contributed by atoms with Crippen LogP contribution in [0.1, 0.15) is 11.3 Å². The van der Waals surface area contributed by atoms with Gasteiger partial charge in [-0.05, 0) is 31.2 Å². The second-order valence-corrected chi connectivity index (χ2v) is 6.79. The largest absolute Gasteiger partial charge is 0.295 e. The van der Waals surface area contributed by atoms with E-state index < -0.39 is 4.92 Å². The van der Waals surface area contributed by atoms with Gasteiger partial charge in [0.15, 0.2) is 0 Å². The van der Waals surface area contributed by atoms with Gasteiger partial charge in [0.2, 0.25) is 0 Å².